The zero-order valence-corrected chi connectivity index (χ0v) is 20.2. The molecule has 0 radical (unpaired) electrons. The maximum atomic E-state index is 5.52. The van der Waals surface area contributed by atoms with E-state index in [1.807, 2.05) is 49.6 Å². The molecule has 0 N–H and O–H groups in total. The van der Waals surface area contributed by atoms with Crippen LogP contribution in [0.5, 0.6) is 11.5 Å². The molecule has 0 aliphatic heterocycles. The summed E-state index contributed by atoms with van der Waals surface area (Å²) in [6.45, 7) is 1.54. The molecule has 34 heavy (non-hydrogen) atoms. The van der Waals surface area contributed by atoms with E-state index in [1.165, 1.54) is 0 Å². The van der Waals surface area contributed by atoms with Gasteiger partial charge in [0.25, 0.3) is 0 Å². The lowest BCUT2D eigenvalue weighted by Crippen LogP contribution is -2.24. The molecule has 9 nitrogen and oxygen atoms in total. The SMILES string of the molecule is COc1cc(OC)cc(N(CCCN(C)OC)c2ccc3ncc(-c4cnn(C)c4)nc3c2)c1. The molecule has 2 heterocycles. The third-order valence-corrected chi connectivity index (χ3v) is 5.65. The number of methoxy groups -OCH3 is 2. The number of ether oxygens (including phenoxy) is 2. The van der Waals surface area contributed by atoms with Crippen molar-refractivity contribution in [1.29, 1.82) is 0 Å². The quantitative estimate of drug-likeness (QED) is 0.327. The molecule has 0 fully saturated rings. The largest absolute Gasteiger partial charge is 0.497 e. The van der Waals surface area contributed by atoms with Crippen molar-refractivity contribution >= 4 is 22.4 Å². The maximum Gasteiger partial charge on any atom is 0.124 e. The molecule has 0 aliphatic rings. The fraction of sp³-hybridized carbons (Fsp3) is 0.320. The van der Waals surface area contributed by atoms with Gasteiger partial charge in [0.1, 0.15) is 11.5 Å². The van der Waals surface area contributed by atoms with E-state index < -0.39 is 0 Å². The van der Waals surface area contributed by atoms with Crippen LogP contribution in [0.25, 0.3) is 22.3 Å². The molecular formula is C25H30N6O3. The summed E-state index contributed by atoms with van der Waals surface area (Å²) >= 11 is 0. The highest BCUT2D eigenvalue weighted by molar-refractivity contribution is 5.82. The molecule has 0 amide bonds. The minimum atomic E-state index is 0.729. The Kier molecular flexibility index (Phi) is 7.24. The monoisotopic (exact) mass is 462 g/mol. The molecule has 4 aromatic rings. The van der Waals surface area contributed by atoms with Crippen LogP contribution in [0.2, 0.25) is 0 Å². The van der Waals surface area contributed by atoms with Gasteiger partial charge in [-0.25, -0.2) is 4.98 Å². The van der Waals surface area contributed by atoms with Crippen LogP contribution in [-0.4, -0.2) is 66.3 Å². The predicted molar refractivity (Wildman–Crippen MR) is 133 cm³/mol. The molecule has 0 aliphatic carbocycles. The first-order valence-corrected chi connectivity index (χ1v) is 11.0. The molecule has 0 saturated carbocycles. The zero-order chi connectivity index (χ0) is 24.1. The predicted octanol–water partition coefficient (Wildman–Crippen LogP) is 4.07. The lowest BCUT2D eigenvalue weighted by Gasteiger charge is -2.27. The van der Waals surface area contributed by atoms with Crippen molar-refractivity contribution in [2.45, 2.75) is 6.42 Å². The van der Waals surface area contributed by atoms with Crippen LogP contribution in [0.3, 0.4) is 0 Å². The maximum absolute atomic E-state index is 5.52. The first-order chi connectivity index (χ1) is 16.5. The lowest BCUT2D eigenvalue weighted by molar-refractivity contribution is -0.108. The van der Waals surface area contributed by atoms with Crippen molar-refractivity contribution in [2.75, 3.05) is 46.4 Å². The Morgan fingerprint density at radius 1 is 0.882 bits per heavy atom. The van der Waals surface area contributed by atoms with Crippen LogP contribution in [-0.2, 0) is 11.9 Å². The summed E-state index contributed by atoms with van der Waals surface area (Å²) < 4.78 is 12.8. The summed E-state index contributed by atoms with van der Waals surface area (Å²) in [5.41, 5.74) is 5.33. The van der Waals surface area contributed by atoms with Gasteiger partial charge in [0, 0.05) is 68.5 Å². The summed E-state index contributed by atoms with van der Waals surface area (Å²) in [4.78, 5) is 17.0. The van der Waals surface area contributed by atoms with Gasteiger partial charge in [-0.05, 0) is 24.6 Å². The van der Waals surface area contributed by atoms with Crippen molar-refractivity contribution in [2.24, 2.45) is 7.05 Å². The van der Waals surface area contributed by atoms with Crippen molar-refractivity contribution < 1.29 is 14.3 Å². The van der Waals surface area contributed by atoms with Crippen molar-refractivity contribution in [3.63, 3.8) is 0 Å². The van der Waals surface area contributed by atoms with E-state index in [-0.39, 0.29) is 0 Å². The number of aromatic nitrogens is 4. The highest BCUT2D eigenvalue weighted by Crippen LogP contribution is 2.34. The zero-order valence-electron chi connectivity index (χ0n) is 20.2. The molecular weight excluding hydrogens is 432 g/mol. The van der Waals surface area contributed by atoms with Crippen molar-refractivity contribution in [3.8, 4) is 22.8 Å². The topological polar surface area (TPSA) is 77.8 Å². The Labute approximate surface area is 199 Å². The molecule has 2 aromatic carbocycles. The van der Waals surface area contributed by atoms with Gasteiger partial charge in [-0.1, -0.05) is 0 Å². The Hall–Kier alpha value is -3.69. The molecule has 0 unspecified atom stereocenters. The fourth-order valence-electron chi connectivity index (χ4n) is 3.76. The van der Waals surface area contributed by atoms with Crippen LogP contribution >= 0.6 is 0 Å². The number of aryl methyl sites for hydroxylation is 1. The third kappa shape index (κ3) is 5.27. The minimum Gasteiger partial charge on any atom is -0.497 e. The van der Waals surface area contributed by atoms with Gasteiger partial charge in [0.05, 0.1) is 50.5 Å². The van der Waals surface area contributed by atoms with E-state index in [0.717, 1.165) is 64.7 Å². The second-order valence-electron chi connectivity index (χ2n) is 7.94. The first kappa shape index (κ1) is 23.5. The summed E-state index contributed by atoms with van der Waals surface area (Å²) in [7, 11) is 8.79. The highest BCUT2D eigenvalue weighted by atomic mass is 16.7. The summed E-state index contributed by atoms with van der Waals surface area (Å²) in [6.07, 6.45) is 6.38. The molecule has 2 aromatic heterocycles. The number of hydroxylamine groups is 2. The van der Waals surface area contributed by atoms with Gasteiger partial charge in [-0.3, -0.25) is 9.67 Å². The molecule has 0 bridgehead atoms. The van der Waals surface area contributed by atoms with Crippen LogP contribution < -0.4 is 14.4 Å². The van der Waals surface area contributed by atoms with E-state index in [1.54, 1.807) is 38.4 Å². The van der Waals surface area contributed by atoms with Crippen LogP contribution in [0.15, 0.2) is 55.0 Å². The molecule has 178 valence electrons. The van der Waals surface area contributed by atoms with Crippen molar-refractivity contribution in [1.82, 2.24) is 24.8 Å². The molecule has 9 heteroatoms. The smallest absolute Gasteiger partial charge is 0.124 e. The van der Waals surface area contributed by atoms with Gasteiger partial charge < -0.3 is 19.2 Å². The van der Waals surface area contributed by atoms with Crippen LogP contribution in [0.1, 0.15) is 6.42 Å². The van der Waals surface area contributed by atoms with Crippen molar-refractivity contribution in [3.05, 3.63) is 55.0 Å². The first-order valence-electron chi connectivity index (χ1n) is 11.0. The average Bonchev–Trinajstić information content (AvgIpc) is 3.31. The summed E-state index contributed by atoms with van der Waals surface area (Å²) in [5.74, 6) is 1.46. The second-order valence-corrected chi connectivity index (χ2v) is 7.94. The van der Waals surface area contributed by atoms with Gasteiger partial charge in [0.15, 0.2) is 0 Å². The summed E-state index contributed by atoms with van der Waals surface area (Å²) in [5, 5.41) is 6.06. The number of nitrogens with zero attached hydrogens (tertiary/aromatic N) is 6. The molecule has 0 saturated heterocycles. The summed E-state index contributed by atoms with van der Waals surface area (Å²) in [6, 6.07) is 12.0. The van der Waals surface area contributed by atoms with Crippen LogP contribution in [0.4, 0.5) is 11.4 Å². The minimum absolute atomic E-state index is 0.729. The van der Waals surface area contributed by atoms with Crippen LogP contribution in [0, 0.1) is 0 Å². The van der Waals surface area contributed by atoms with Gasteiger partial charge in [0.2, 0.25) is 0 Å². The Morgan fingerprint density at radius 2 is 1.65 bits per heavy atom. The molecule has 4 rings (SSSR count). The normalized spacial score (nSPS) is 11.2. The van der Waals surface area contributed by atoms with E-state index in [4.69, 9.17) is 19.3 Å². The number of fused-ring (bicyclic) bond motifs is 1. The average molecular weight is 463 g/mol. The van der Waals surface area contributed by atoms with E-state index >= 15 is 0 Å². The standard InChI is InChI=1S/C25H30N6O3/c1-29-17-18(15-27-29)25-16-26-23-8-7-19(13-24(23)28-25)31(10-6-9-30(2)34-5)20-11-21(32-3)14-22(12-20)33-4/h7-8,11-17H,6,9-10H2,1-5H3. The van der Waals surface area contributed by atoms with Gasteiger partial charge >= 0.3 is 0 Å². The number of hydrogen-bond donors (Lipinski definition) is 0. The van der Waals surface area contributed by atoms with Gasteiger partial charge in [-0.15, -0.1) is 0 Å². The molecule has 0 spiro atoms. The van der Waals surface area contributed by atoms with E-state index in [2.05, 4.69) is 27.1 Å². The Balaban J connectivity index is 1.74. The number of rotatable bonds is 10. The van der Waals surface area contributed by atoms with E-state index in [9.17, 15) is 0 Å². The highest BCUT2D eigenvalue weighted by Gasteiger charge is 2.15. The van der Waals surface area contributed by atoms with Gasteiger partial charge in [-0.2, -0.15) is 10.2 Å². The lowest BCUT2D eigenvalue weighted by atomic mass is 10.1. The number of anilines is 2. The Bertz CT molecular complexity index is 1240. The number of benzene rings is 2. The number of hydrogen-bond acceptors (Lipinski definition) is 8. The molecule has 0 atom stereocenters. The Morgan fingerprint density at radius 3 is 2.29 bits per heavy atom. The second kappa shape index (κ2) is 10.5. The van der Waals surface area contributed by atoms with E-state index in [0.29, 0.717) is 0 Å². The third-order valence-electron chi connectivity index (χ3n) is 5.65. The fourth-order valence-corrected chi connectivity index (χ4v) is 3.76.